The number of anilines is 2. The molecule has 0 radical (unpaired) electrons. The average Bonchev–Trinajstić information content (AvgIpc) is 3.19. The quantitative estimate of drug-likeness (QED) is 0.575. The van der Waals surface area contributed by atoms with Gasteiger partial charge >= 0.3 is 0 Å². The third-order valence-electron chi connectivity index (χ3n) is 7.15. The number of nitrogens with zero attached hydrogens (tertiary/aromatic N) is 2. The second-order valence-corrected chi connectivity index (χ2v) is 10.8. The van der Waals surface area contributed by atoms with Gasteiger partial charge in [-0.05, 0) is 44.4 Å². The van der Waals surface area contributed by atoms with E-state index >= 15 is 0 Å². The summed E-state index contributed by atoms with van der Waals surface area (Å²) in [5.41, 5.74) is 3.89. The third-order valence-corrected chi connectivity index (χ3v) is 8.10. The van der Waals surface area contributed by atoms with Gasteiger partial charge in [0.2, 0.25) is 0 Å². The number of hydrogen-bond donors (Lipinski definition) is 2. The van der Waals surface area contributed by atoms with E-state index in [0.717, 1.165) is 29.8 Å². The number of aryl methyl sites for hydroxylation is 1. The van der Waals surface area contributed by atoms with Crippen LogP contribution in [0.2, 0.25) is 0 Å². The minimum Gasteiger partial charge on any atom is -0.492 e. The first-order chi connectivity index (χ1) is 16.7. The number of rotatable bonds is 4. The fourth-order valence-electron chi connectivity index (χ4n) is 5.10. The van der Waals surface area contributed by atoms with Gasteiger partial charge in [0.15, 0.2) is 5.03 Å². The van der Waals surface area contributed by atoms with Crippen molar-refractivity contribution in [3.8, 4) is 5.75 Å². The van der Waals surface area contributed by atoms with Gasteiger partial charge in [-0.1, -0.05) is 36.4 Å². The zero-order chi connectivity index (χ0) is 24.8. The number of fused-ring (bicyclic) bond motifs is 2. The first kappa shape index (κ1) is 23.3. The number of para-hydroxylation sites is 2. The number of hydrogen-bond acceptors (Lipinski definition) is 6. The van der Waals surface area contributed by atoms with Crippen molar-refractivity contribution in [2.75, 3.05) is 25.0 Å². The van der Waals surface area contributed by atoms with Crippen LogP contribution in [0.15, 0.2) is 59.8 Å². The van der Waals surface area contributed by atoms with Crippen LogP contribution in [0.25, 0.3) is 0 Å². The number of nitrogens with one attached hydrogen (secondary N) is 1. The Bertz CT molecular complexity index is 1410. The van der Waals surface area contributed by atoms with Gasteiger partial charge in [0.1, 0.15) is 5.75 Å². The van der Waals surface area contributed by atoms with Crippen LogP contribution in [0.1, 0.15) is 39.9 Å². The number of carbonyl (C=O) groups excluding carboxylic acids is 1. The molecule has 5 rings (SSSR count). The fourth-order valence-corrected chi connectivity index (χ4v) is 5.83. The van der Waals surface area contributed by atoms with Crippen molar-refractivity contribution in [2.24, 2.45) is 5.14 Å². The van der Waals surface area contributed by atoms with E-state index in [1.54, 1.807) is 6.92 Å². The molecule has 2 aliphatic heterocycles. The van der Waals surface area contributed by atoms with Gasteiger partial charge in [0.05, 0.1) is 17.9 Å². The number of ether oxygens (including phenoxy) is 1. The Morgan fingerprint density at radius 3 is 2.49 bits per heavy atom. The molecule has 3 heterocycles. The number of nitrogens with two attached hydrogens (primary N) is 1. The lowest BCUT2D eigenvalue weighted by Gasteiger charge is -2.38. The summed E-state index contributed by atoms with van der Waals surface area (Å²) in [7, 11) is -4.06. The van der Waals surface area contributed by atoms with Crippen LogP contribution >= 0.6 is 0 Å². The molecule has 2 aromatic carbocycles. The number of sulfonamides is 1. The largest absolute Gasteiger partial charge is 0.492 e. The summed E-state index contributed by atoms with van der Waals surface area (Å²) in [6, 6.07) is 15.7. The zero-order valence-electron chi connectivity index (χ0n) is 19.7. The molecule has 8 nitrogen and oxygen atoms in total. The Morgan fingerprint density at radius 2 is 1.77 bits per heavy atom. The highest BCUT2D eigenvalue weighted by molar-refractivity contribution is 7.89. The number of piperidine rings is 1. The predicted molar refractivity (Wildman–Crippen MR) is 134 cm³/mol. The molecule has 0 unspecified atom stereocenters. The number of amides is 1. The van der Waals surface area contributed by atoms with Crippen LogP contribution in [0.5, 0.6) is 5.75 Å². The van der Waals surface area contributed by atoms with Crippen LogP contribution in [-0.2, 0) is 15.4 Å². The Hall–Kier alpha value is -3.43. The van der Waals surface area contributed by atoms with Gasteiger partial charge in [-0.15, -0.1) is 0 Å². The van der Waals surface area contributed by atoms with E-state index < -0.39 is 10.0 Å². The van der Waals surface area contributed by atoms with E-state index in [1.807, 2.05) is 54.3 Å². The number of pyridine rings is 1. The molecule has 1 saturated heterocycles. The van der Waals surface area contributed by atoms with Gasteiger partial charge in [0, 0.05) is 41.5 Å². The van der Waals surface area contributed by atoms with Gasteiger partial charge < -0.3 is 15.0 Å². The predicted octanol–water partition coefficient (Wildman–Crippen LogP) is 3.66. The van der Waals surface area contributed by atoms with Crippen molar-refractivity contribution in [1.82, 2.24) is 9.88 Å². The highest BCUT2D eigenvalue weighted by Crippen LogP contribution is 2.45. The molecule has 0 atom stereocenters. The summed E-state index contributed by atoms with van der Waals surface area (Å²) in [4.78, 5) is 19.6. The number of aromatic nitrogens is 1. The molecule has 9 heteroatoms. The van der Waals surface area contributed by atoms with E-state index in [9.17, 15) is 13.2 Å². The van der Waals surface area contributed by atoms with Crippen molar-refractivity contribution in [3.05, 3.63) is 77.0 Å². The lowest BCUT2D eigenvalue weighted by atomic mass is 9.74. The molecule has 0 bridgehead atoms. The maximum absolute atomic E-state index is 13.7. The molecule has 3 aromatic rings. The first-order valence-corrected chi connectivity index (χ1v) is 13.1. The lowest BCUT2D eigenvalue weighted by molar-refractivity contribution is 0.0647. The molecule has 35 heavy (non-hydrogen) atoms. The summed E-state index contributed by atoms with van der Waals surface area (Å²) in [5, 5.41) is 8.43. The fraction of sp³-hybridized carbons (Fsp3) is 0.308. The maximum Gasteiger partial charge on any atom is 0.257 e. The minimum atomic E-state index is -4.06. The lowest BCUT2D eigenvalue weighted by Crippen LogP contribution is -2.46. The summed E-state index contributed by atoms with van der Waals surface area (Å²) in [5.74, 6) is 0.732. The van der Waals surface area contributed by atoms with E-state index in [0.29, 0.717) is 36.5 Å². The van der Waals surface area contributed by atoms with E-state index in [2.05, 4.69) is 16.4 Å². The van der Waals surface area contributed by atoms with Gasteiger partial charge in [0.25, 0.3) is 15.9 Å². The van der Waals surface area contributed by atoms with Crippen molar-refractivity contribution in [2.45, 2.75) is 37.1 Å². The van der Waals surface area contributed by atoms with Crippen molar-refractivity contribution in [1.29, 1.82) is 0 Å². The molecular formula is C26H28N4O4S. The normalized spacial score (nSPS) is 16.6. The maximum atomic E-state index is 13.7. The third kappa shape index (κ3) is 4.15. The molecular weight excluding hydrogens is 464 g/mol. The molecule has 1 spiro atoms. The topological polar surface area (TPSA) is 115 Å². The molecule has 0 aliphatic carbocycles. The summed E-state index contributed by atoms with van der Waals surface area (Å²) >= 11 is 0. The Morgan fingerprint density at radius 1 is 1.09 bits per heavy atom. The highest BCUT2D eigenvalue weighted by atomic mass is 32.2. The van der Waals surface area contributed by atoms with Crippen molar-refractivity contribution >= 4 is 27.3 Å². The van der Waals surface area contributed by atoms with Crippen LogP contribution in [0, 0.1) is 13.8 Å². The zero-order valence-corrected chi connectivity index (χ0v) is 20.6. The molecule has 1 amide bonds. The number of likely N-dealkylation sites (tertiary alicyclic amines) is 1. The molecule has 182 valence electrons. The number of carbonyl (C=O) groups is 1. The number of benzene rings is 2. The molecule has 1 aromatic heterocycles. The summed E-state index contributed by atoms with van der Waals surface area (Å²) < 4.78 is 30.2. The van der Waals surface area contributed by atoms with Gasteiger partial charge in [-0.25, -0.2) is 18.5 Å². The standard InChI is InChI=1S/C26H28N4O4S/c1-17-7-3-5-9-21(17)29-23-18(2)24(35(27,32)33)28-15-19(23)25(31)30-13-11-26(12-14-30)16-34-22-10-6-4-8-20(22)26/h3-10,15H,11-14,16H2,1-2H3,(H,28,29)(H2,27,32,33). The summed E-state index contributed by atoms with van der Waals surface area (Å²) in [6.45, 7) is 5.31. The van der Waals surface area contributed by atoms with Crippen LogP contribution < -0.4 is 15.2 Å². The Kier molecular flexibility index (Phi) is 5.77. The Balaban J connectivity index is 1.46. The molecule has 1 fully saturated rings. The average molecular weight is 493 g/mol. The molecule has 0 saturated carbocycles. The highest BCUT2D eigenvalue weighted by Gasteiger charge is 2.44. The Labute approximate surface area is 205 Å². The van der Waals surface area contributed by atoms with Gasteiger partial charge in [-0.2, -0.15) is 0 Å². The molecule has 2 aliphatic rings. The SMILES string of the molecule is Cc1ccccc1Nc1c(C(=O)N2CCC3(CC2)COc2ccccc23)cnc(S(N)(=O)=O)c1C. The van der Waals surface area contributed by atoms with Gasteiger partial charge in [-0.3, -0.25) is 4.79 Å². The monoisotopic (exact) mass is 492 g/mol. The van der Waals surface area contributed by atoms with Crippen molar-refractivity contribution < 1.29 is 17.9 Å². The number of primary sulfonamides is 1. The van der Waals surface area contributed by atoms with Crippen molar-refractivity contribution in [3.63, 3.8) is 0 Å². The second-order valence-electron chi connectivity index (χ2n) is 9.32. The van der Waals surface area contributed by atoms with E-state index in [4.69, 9.17) is 9.88 Å². The smallest absolute Gasteiger partial charge is 0.257 e. The van der Waals surface area contributed by atoms with Crippen LogP contribution in [-0.4, -0.2) is 43.9 Å². The first-order valence-electron chi connectivity index (χ1n) is 11.6. The molecule has 3 N–H and O–H groups in total. The van der Waals surface area contributed by atoms with Crippen LogP contribution in [0.3, 0.4) is 0 Å². The van der Waals surface area contributed by atoms with E-state index in [-0.39, 0.29) is 16.3 Å². The second kappa shape index (κ2) is 8.66. The van der Waals surface area contributed by atoms with E-state index in [1.165, 1.54) is 11.8 Å². The summed E-state index contributed by atoms with van der Waals surface area (Å²) in [6.07, 6.45) is 2.89. The minimum absolute atomic E-state index is 0.0821. The van der Waals surface area contributed by atoms with Crippen LogP contribution in [0.4, 0.5) is 11.4 Å².